The summed E-state index contributed by atoms with van der Waals surface area (Å²) >= 11 is 1.68. The zero-order chi connectivity index (χ0) is 7.40. The molecule has 56 valence electrons. The molecule has 1 heterocycles. The molecule has 0 unspecified atom stereocenters. The molecule has 1 rings (SSSR count). The first-order valence-corrected chi connectivity index (χ1v) is 3.94. The summed E-state index contributed by atoms with van der Waals surface area (Å²) in [5.74, 6) is 5.09. The Labute approximate surface area is 64.2 Å². The monoisotopic (exact) mass is 157 g/mol. The molecule has 10 heavy (non-hydrogen) atoms. The summed E-state index contributed by atoms with van der Waals surface area (Å²) < 4.78 is 0. The zero-order valence-electron chi connectivity index (χ0n) is 5.85. The minimum atomic E-state index is 0.612. The van der Waals surface area contributed by atoms with Crippen molar-refractivity contribution in [3.05, 3.63) is 17.0 Å². The highest BCUT2D eigenvalue weighted by molar-refractivity contribution is 7.14. The van der Waals surface area contributed by atoms with Crippen LogP contribution in [0.1, 0.15) is 5.56 Å². The van der Waals surface area contributed by atoms with Crippen molar-refractivity contribution >= 4 is 16.3 Å². The van der Waals surface area contributed by atoms with Crippen LogP contribution in [0.4, 0.5) is 5.00 Å². The van der Waals surface area contributed by atoms with E-state index in [0.29, 0.717) is 6.67 Å². The van der Waals surface area contributed by atoms with Crippen molar-refractivity contribution in [1.29, 1.82) is 0 Å². The molecular formula is C6H11N3S. The highest BCUT2D eigenvalue weighted by Crippen LogP contribution is 2.20. The van der Waals surface area contributed by atoms with Gasteiger partial charge in [0, 0.05) is 0 Å². The van der Waals surface area contributed by atoms with Crippen LogP contribution < -0.4 is 16.6 Å². The quantitative estimate of drug-likeness (QED) is 0.347. The van der Waals surface area contributed by atoms with Crippen LogP contribution >= 0.6 is 11.3 Å². The molecule has 0 bridgehead atoms. The average Bonchev–Trinajstić information content (AvgIpc) is 2.31. The second-order valence-electron chi connectivity index (χ2n) is 1.99. The number of rotatable bonds is 3. The van der Waals surface area contributed by atoms with E-state index in [0.717, 1.165) is 0 Å². The van der Waals surface area contributed by atoms with Gasteiger partial charge in [0.1, 0.15) is 0 Å². The fourth-order valence-electron chi connectivity index (χ4n) is 0.685. The van der Waals surface area contributed by atoms with Gasteiger partial charge in [-0.1, -0.05) is 0 Å². The first kappa shape index (κ1) is 7.53. The van der Waals surface area contributed by atoms with Crippen LogP contribution in [0.3, 0.4) is 0 Å². The summed E-state index contributed by atoms with van der Waals surface area (Å²) in [6.07, 6.45) is 0. The zero-order valence-corrected chi connectivity index (χ0v) is 6.66. The van der Waals surface area contributed by atoms with Crippen LogP contribution in [0.2, 0.25) is 0 Å². The van der Waals surface area contributed by atoms with Crippen molar-refractivity contribution in [2.24, 2.45) is 5.84 Å². The van der Waals surface area contributed by atoms with E-state index >= 15 is 0 Å². The van der Waals surface area contributed by atoms with Gasteiger partial charge in [0.25, 0.3) is 0 Å². The molecule has 0 amide bonds. The van der Waals surface area contributed by atoms with E-state index in [9.17, 15) is 0 Å². The number of hydrogen-bond acceptors (Lipinski definition) is 4. The molecule has 0 spiro atoms. The third-order valence-corrected chi connectivity index (χ3v) is 2.19. The molecule has 0 atom stereocenters. The maximum absolute atomic E-state index is 5.09. The number of hydrogen-bond donors (Lipinski definition) is 3. The predicted octanol–water partition coefficient (Wildman–Crippen LogP) is 0.889. The fourth-order valence-corrected chi connectivity index (χ4v) is 1.50. The number of aryl methyl sites for hydroxylation is 1. The van der Waals surface area contributed by atoms with Crippen LogP contribution in [-0.2, 0) is 0 Å². The summed E-state index contributed by atoms with van der Waals surface area (Å²) in [6.45, 7) is 2.68. The van der Waals surface area contributed by atoms with E-state index in [1.54, 1.807) is 11.3 Å². The van der Waals surface area contributed by atoms with Gasteiger partial charge in [-0.25, -0.2) is 5.43 Å². The summed E-state index contributed by atoms with van der Waals surface area (Å²) in [6, 6.07) is 2.07. The van der Waals surface area contributed by atoms with E-state index in [1.807, 2.05) is 5.38 Å². The molecule has 0 saturated heterocycles. The molecule has 4 heteroatoms. The highest BCUT2D eigenvalue weighted by Gasteiger charge is 1.95. The average molecular weight is 157 g/mol. The lowest BCUT2D eigenvalue weighted by Crippen LogP contribution is -2.28. The van der Waals surface area contributed by atoms with Crippen LogP contribution in [-0.4, -0.2) is 6.67 Å². The SMILES string of the molecule is Cc1ccsc1NCNN. The maximum Gasteiger partial charge on any atom is 0.0922 e. The van der Waals surface area contributed by atoms with E-state index < -0.39 is 0 Å². The normalized spacial score (nSPS) is 9.80. The number of thiophene rings is 1. The van der Waals surface area contributed by atoms with Crippen molar-refractivity contribution in [3.8, 4) is 0 Å². The topological polar surface area (TPSA) is 50.1 Å². The second-order valence-corrected chi connectivity index (χ2v) is 2.91. The third-order valence-electron chi connectivity index (χ3n) is 1.21. The van der Waals surface area contributed by atoms with Gasteiger partial charge in [0.05, 0.1) is 11.7 Å². The van der Waals surface area contributed by atoms with Crippen molar-refractivity contribution in [3.63, 3.8) is 0 Å². The molecule has 0 aliphatic rings. The second kappa shape index (κ2) is 3.55. The van der Waals surface area contributed by atoms with Crippen molar-refractivity contribution in [2.75, 3.05) is 12.0 Å². The molecule has 3 nitrogen and oxygen atoms in total. The summed E-state index contributed by atoms with van der Waals surface area (Å²) in [7, 11) is 0. The molecule has 0 saturated carbocycles. The minimum Gasteiger partial charge on any atom is -0.363 e. The summed E-state index contributed by atoms with van der Waals surface area (Å²) in [5.41, 5.74) is 3.79. The number of anilines is 1. The molecule has 4 N–H and O–H groups in total. The molecule has 0 aliphatic heterocycles. The van der Waals surface area contributed by atoms with Crippen LogP contribution in [0.25, 0.3) is 0 Å². The Morgan fingerprint density at radius 2 is 2.50 bits per heavy atom. The molecule has 0 aliphatic carbocycles. The van der Waals surface area contributed by atoms with Crippen molar-refractivity contribution < 1.29 is 0 Å². The molecule has 0 fully saturated rings. The van der Waals surface area contributed by atoms with Gasteiger partial charge >= 0.3 is 0 Å². The van der Waals surface area contributed by atoms with E-state index in [1.165, 1.54) is 10.6 Å². The Morgan fingerprint density at radius 1 is 1.70 bits per heavy atom. The van der Waals surface area contributed by atoms with Crippen molar-refractivity contribution in [2.45, 2.75) is 6.92 Å². The van der Waals surface area contributed by atoms with E-state index in [2.05, 4.69) is 23.7 Å². The third kappa shape index (κ3) is 1.70. The Morgan fingerprint density at radius 3 is 3.00 bits per heavy atom. The lowest BCUT2D eigenvalue weighted by molar-refractivity contribution is 0.791. The minimum absolute atomic E-state index is 0.612. The van der Waals surface area contributed by atoms with Gasteiger partial charge in [-0.15, -0.1) is 11.3 Å². The van der Waals surface area contributed by atoms with Gasteiger partial charge in [0.2, 0.25) is 0 Å². The standard InChI is InChI=1S/C6H11N3S/c1-5-2-3-10-6(5)8-4-9-7/h2-3,8-9H,4,7H2,1H3. The van der Waals surface area contributed by atoms with Gasteiger partial charge in [-0.3, -0.25) is 5.84 Å². The molecule has 0 radical (unpaired) electrons. The molecular weight excluding hydrogens is 146 g/mol. The van der Waals surface area contributed by atoms with E-state index in [4.69, 9.17) is 5.84 Å². The van der Waals surface area contributed by atoms with E-state index in [-0.39, 0.29) is 0 Å². The Bertz CT molecular complexity index is 197. The predicted molar refractivity (Wildman–Crippen MR) is 44.9 cm³/mol. The van der Waals surface area contributed by atoms with Crippen molar-refractivity contribution in [1.82, 2.24) is 5.43 Å². The van der Waals surface area contributed by atoms with Crippen LogP contribution in [0.15, 0.2) is 11.4 Å². The summed E-state index contributed by atoms with van der Waals surface area (Å²) in [5, 5.41) is 6.35. The van der Waals surface area contributed by atoms with Crippen LogP contribution in [0, 0.1) is 6.92 Å². The number of hydrazine groups is 1. The Kier molecular flexibility index (Phi) is 2.68. The number of nitrogens with one attached hydrogen (secondary N) is 2. The van der Waals surface area contributed by atoms with Crippen LogP contribution in [0.5, 0.6) is 0 Å². The largest absolute Gasteiger partial charge is 0.363 e. The first-order valence-electron chi connectivity index (χ1n) is 3.06. The molecule has 1 aromatic heterocycles. The smallest absolute Gasteiger partial charge is 0.0922 e. The lowest BCUT2D eigenvalue weighted by Gasteiger charge is -2.01. The highest BCUT2D eigenvalue weighted by atomic mass is 32.1. The van der Waals surface area contributed by atoms with Gasteiger partial charge in [-0.2, -0.15) is 0 Å². The van der Waals surface area contributed by atoms with Gasteiger partial charge in [-0.05, 0) is 23.9 Å². The maximum atomic E-state index is 5.09. The number of nitrogens with two attached hydrogens (primary N) is 1. The van der Waals surface area contributed by atoms with Gasteiger partial charge in [0.15, 0.2) is 0 Å². The fraction of sp³-hybridized carbons (Fsp3) is 0.333. The lowest BCUT2D eigenvalue weighted by atomic mass is 10.4. The molecule has 1 aromatic rings. The molecule has 0 aromatic carbocycles. The Hall–Kier alpha value is -0.580. The Balaban J connectivity index is 2.49. The first-order chi connectivity index (χ1) is 4.84. The van der Waals surface area contributed by atoms with Gasteiger partial charge < -0.3 is 5.32 Å². The summed E-state index contributed by atoms with van der Waals surface area (Å²) in [4.78, 5) is 0.